The van der Waals surface area contributed by atoms with Gasteiger partial charge in [-0.25, -0.2) is 13.8 Å². The van der Waals surface area contributed by atoms with Gasteiger partial charge in [-0.1, -0.05) is 17.7 Å². The van der Waals surface area contributed by atoms with Gasteiger partial charge < -0.3 is 10.1 Å². The molecule has 0 aliphatic heterocycles. The van der Waals surface area contributed by atoms with Gasteiger partial charge in [0, 0.05) is 22.1 Å². The molecule has 0 saturated carbocycles. The van der Waals surface area contributed by atoms with E-state index in [-0.39, 0.29) is 5.88 Å². The van der Waals surface area contributed by atoms with E-state index in [9.17, 15) is 13.9 Å². The number of nitrogens with zero attached hydrogens (tertiary/aromatic N) is 1. The van der Waals surface area contributed by atoms with Gasteiger partial charge in [0.25, 0.3) is 0 Å². The zero-order valence-electron chi connectivity index (χ0n) is 10.6. The minimum atomic E-state index is -0.774. The van der Waals surface area contributed by atoms with Crippen LogP contribution in [0.4, 0.5) is 14.5 Å². The fraction of sp³-hybridized carbons (Fsp3) is 0. The molecule has 0 unspecified atom stereocenters. The van der Waals surface area contributed by atoms with Crippen LogP contribution in [0.1, 0.15) is 5.56 Å². The Labute approximate surface area is 123 Å². The smallest absolute Gasteiger partial charge is 0.198 e. The number of hydrogen-bond donors (Lipinski definition) is 2. The maximum atomic E-state index is 13.5. The number of benzene rings is 2. The van der Waals surface area contributed by atoms with E-state index in [2.05, 4.69) is 9.98 Å². The molecule has 6 heteroatoms. The molecule has 0 amide bonds. The molecule has 2 aromatic carbocycles. The number of fused-ring (bicyclic) bond motifs is 1. The molecule has 0 saturated heterocycles. The largest absolute Gasteiger partial charge is 0.494 e. The Bertz CT molecular complexity index is 838. The number of nitrogens with one attached hydrogen (secondary N) is 1. The summed E-state index contributed by atoms with van der Waals surface area (Å²) in [6.07, 6.45) is 1.20. The van der Waals surface area contributed by atoms with Crippen molar-refractivity contribution in [2.75, 3.05) is 0 Å². The molecular formula is C15H9ClF2N2O. The first-order chi connectivity index (χ1) is 10.1. The van der Waals surface area contributed by atoms with Gasteiger partial charge in [0.1, 0.15) is 5.69 Å². The minimum Gasteiger partial charge on any atom is -0.494 e. The number of rotatable bonds is 2. The molecule has 0 atom stereocenters. The second kappa shape index (κ2) is 5.18. The summed E-state index contributed by atoms with van der Waals surface area (Å²) in [7, 11) is 0. The molecule has 3 aromatic rings. The SMILES string of the molecule is Oc1[nH]c2ccc(Cl)cc2c1C=Nc1c(F)cccc1F. The first-order valence-electron chi connectivity index (χ1n) is 6.04. The molecule has 0 bridgehead atoms. The number of aliphatic imine (C=N–C) groups is 1. The van der Waals surface area contributed by atoms with Crippen molar-refractivity contribution in [3.8, 4) is 5.88 Å². The number of hydrogen-bond acceptors (Lipinski definition) is 2. The van der Waals surface area contributed by atoms with Crippen LogP contribution in [0.25, 0.3) is 10.9 Å². The summed E-state index contributed by atoms with van der Waals surface area (Å²) in [6, 6.07) is 8.47. The van der Waals surface area contributed by atoms with Crippen molar-refractivity contribution in [1.82, 2.24) is 4.98 Å². The van der Waals surface area contributed by atoms with Gasteiger partial charge in [-0.05, 0) is 30.3 Å². The third-order valence-corrected chi connectivity index (χ3v) is 3.28. The lowest BCUT2D eigenvalue weighted by atomic mass is 10.2. The molecule has 1 heterocycles. The molecule has 106 valence electrons. The van der Waals surface area contributed by atoms with Gasteiger partial charge >= 0.3 is 0 Å². The van der Waals surface area contributed by atoms with Crippen LogP contribution in [-0.4, -0.2) is 16.3 Å². The summed E-state index contributed by atoms with van der Waals surface area (Å²) >= 11 is 5.91. The molecule has 2 N–H and O–H groups in total. The van der Waals surface area contributed by atoms with Gasteiger partial charge in [0.15, 0.2) is 17.5 Å². The Kier molecular flexibility index (Phi) is 3.35. The quantitative estimate of drug-likeness (QED) is 0.670. The maximum absolute atomic E-state index is 13.5. The summed E-state index contributed by atoms with van der Waals surface area (Å²) in [5.74, 6) is -1.69. The highest BCUT2D eigenvalue weighted by atomic mass is 35.5. The van der Waals surface area contributed by atoms with Gasteiger partial charge in [-0.15, -0.1) is 0 Å². The standard InChI is InChI=1S/C15H9ClF2N2O/c16-8-4-5-13-9(6-8)10(15(21)20-13)7-19-14-11(17)2-1-3-12(14)18/h1-7,20-21H. The third-order valence-electron chi connectivity index (χ3n) is 3.04. The number of H-pyrrole nitrogens is 1. The zero-order valence-corrected chi connectivity index (χ0v) is 11.3. The van der Waals surface area contributed by atoms with Gasteiger partial charge in [-0.3, -0.25) is 0 Å². The molecule has 1 aromatic heterocycles. The van der Waals surface area contributed by atoms with Crippen LogP contribution < -0.4 is 0 Å². The van der Waals surface area contributed by atoms with Gasteiger partial charge in [0.05, 0.1) is 5.56 Å². The fourth-order valence-electron chi connectivity index (χ4n) is 2.04. The topological polar surface area (TPSA) is 48.4 Å². The predicted octanol–water partition coefficient (Wildman–Crippen LogP) is 4.56. The Morgan fingerprint density at radius 3 is 2.57 bits per heavy atom. The Balaban J connectivity index is 2.11. The average Bonchev–Trinajstić information content (AvgIpc) is 2.74. The van der Waals surface area contributed by atoms with E-state index in [0.717, 1.165) is 12.1 Å². The maximum Gasteiger partial charge on any atom is 0.198 e. The Morgan fingerprint density at radius 1 is 1.14 bits per heavy atom. The van der Waals surface area contributed by atoms with Crippen LogP contribution in [0.5, 0.6) is 5.88 Å². The van der Waals surface area contributed by atoms with E-state index >= 15 is 0 Å². The minimum absolute atomic E-state index is 0.146. The highest BCUT2D eigenvalue weighted by Crippen LogP contribution is 2.29. The van der Waals surface area contributed by atoms with Crippen LogP contribution in [0.15, 0.2) is 41.4 Å². The van der Waals surface area contributed by atoms with E-state index in [1.54, 1.807) is 18.2 Å². The van der Waals surface area contributed by atoms with Crippen molar-refractivity contribution in [2.24, 2.45) is 4.99 Å². The summed E-state index contributed by atoms with van der Waals surface area (Å²) in [6.45, 7) is 0. The van der Waals surface area contributed by atoms with Gasteiger partial charge in [0.2, 0.25) is 0 Å². The number of aromatic hydroxyl groups is 1. The Hall–Kier alpha value is -2.40. The molecule has 0 radical (unpaired) electrons. The first-order valence-corrected chi connectivity index (χ1v) is 6.42. The average molecular weight is 307 g/mol. The van der Waals surface area contributed by atoms with Crippen LogP contribution >= 0.6 is 11.6 Å². The van der Waals surface area contributed by atoms with Crippen molar-refractivity contribution >= 4 is 34.4 Å². The summed E-state index contributed by atoms with van der Waals surface area (Å²) in [5, 5.41) is 11.0. The third kappa shape index (κ3) is 2.48. The summed E-state index contributed by atoms with van der Waals surface area (Å²) < 4.78 is 27.0. The normalized spacial score (nSPS) is 11.6. The molecular weight excluding hydrogens is 298 g/mol. The molecule has 21 heavy (non-hydrogen) atoms. The van der Waals surface area contributed by atoms with E-state index in [1.165, 1.54) is 12.3 Å². The van der Waals surface area contributed by atoms with E-state index in [4.69, 9.17) is 11.6 Å². The number of aromatic amines is 1. The fourth-order valence-corrected chi connectivity index (χ4v) is 2.22. The summed E-state index contributed by atoms with van der Waals surface area (Å²) in [4.78, 5) is 6.53. The monoisotopic (exact) mass is 306 g/mol. The number of aromatic nitrogens is 1. The molecule has 0 aliphatic rings. The zero-order chi connectivity index (χ0) is 15.0. The van der Waals surface area contributed by atoms with Crippen molar-refractivity contribution in [1.29, 1.82) is 0 Å². The lowest BCUT2D eigenvalue weighted by Crippen LogP contribution is -1.84. The van der Waals surface area contributed by atoms with E-state index < -0.39 is 17.3 Å². The molecule has 0 aliphatic carbocycles. The van der Waals surface area contributed by atoms with Gasteiger partial charge in [-0.2, -0.15) is 0 Å². The first kappa shape index (κ1) is 13.6. The highest BCUT2D eigenvalue weighted by molar-refractivity contribution is 6.31. The van der Waals surface area contributed by atoms with Crippen molar-refractivity contribution in [3.05, 3.63) is 58.6 Å². The number of para-hydroxylation sites is 1. The second-order valence-corrected chi connectivity index (χ2v) is 4.84. The van der Waals surface area contributed by atoms with Crippen LogP contribution in [0, 0.1) is 11.6 Å². The predicted molar refractivity (Wildman–Crippen MR) is 78.6 cm³/mol. The molecule has 0 spiro atoms. The van der Waals surface area contributed by atoms with Crippen LogP contribution in [0.3, 0.4) is 0 Å². The van der Waals surface area contributed by atoms with Crippen molar-refractivity contribution < 1.29 is 13.9 Å². The number of halogens is 3. The second-order valence-electron chi connectivity index (χ2n) is 4.41. The Morgan fingerprint density at radius 2 is 1.86 bits per heavy atom. The van der Waals surface area contributed by atoms with Crippen molar-refractivity contribution in [2.45, 2.75) is 0 Å². The lowest BCUT2D eigenvalue weighted by molar-refractivity contribution is 0.457. The van der Waals surface area contributed by atoms with Crippen LogP contribution in [0.2, 0.25) is 5.02 Å². The van der Waals surface area contributed by atoms with Crippen LogP contribution in [-0.2, 0) is 0 Å². The lowest BCUT2D eigenvalue weighted by Gasteiger charge is -1.98. The highest BCUT2D eigenvalue weighted by Gasteiger charge is 2.11. The van der Waals surface area contributed by atoms with Crippen molar-refractivity contribution in [3.63, 3.8) is 0 Å². The van der Waals surface area contributed by atoms with E-state index in [1.807, 2.05) is 0 Å². The molecule has 3 rings (SSSR count). The molecule has 3 nitrogen and oxygen atoms in total. The van der Waals surface area contributed by atoms with E-state index in [0.29, 0.717) is 21.5 Å². The molecule has 0 fully saturated rings. The summed E-state index contributed by atoms with van der Waals surface area (Å²) in [5.41, 5.74) is 0.552.